The number of carbonyl (C=O) groups excluding carboxylic acids is 1. The van der Waals surface area contributed by atoms with Crippen molar-refractivity contribution >= 4 is 11.6 Å². The molecule has 6 nitrogen and oxygen atoms in total. The van der Waals surface area contributed by atoms with Crippen LogP contribution in [0.1, 0.15) is 46.0 Å². The molecule has 1 heterocycles. The number of nitrogens with two attached hydrogens (primary N) is 2. The van der Waals surface area contributed by atoms with Gasteiger partial charge in [-0.15, -0.1) is 0 Å². The van der Waals surface area contributed by atoms with Gasteiger partial charge in [-0.3, -0.25) is 4.79 Å². The summed E-state index contributed by atoms with van der Waals surface area (Å²) in [6, 6.07) is 7.93. The first-order valence-corrected chi connectivity index (χ1v) is 10.4. The number of nitrogen functional groups attached to an aromatic ring is 1. The molecule has 0 radical (unpaired) electrons. The van der Waals surface area contributed by atoms with Crippen molar-refractivity contribution in [2.24, 2.45) is 11.7 Å². The Bertz CT molecular complexity index is 940. The monoisotopic (exact) mass is 451 g/mol. The van der Waals surface area contributed by atoms with Gasteiger partial charge in [0.25, 0.3) is 5.91 Å². The predicted octanol–water partition coefficient (Wildman–Crippen LogP) is 3.38. The fourth-order valence-corrected chi connectivity index (χ4v) is 4.11. The lowest BCUT2D eigenvalue weighted by Crippen LogP contribution is -2.37. The van der Waals surface area contributed by atoms with Crippen LogP contribution in [0.25, 0.3) is 0 Å². The van der Waals surface area contributed by atoms with Crippen LogP contribution in [0.15, 0.2) is 36.4 Å². The van der Waals surface area contributed by atoms with Crippen LogP contribution in [-0.4, -0.2) is 42.7 Å². The molecular weight excluding hydrogens is 423 g/mol. The number of methoxy groups -OCH3 is 1. The lowest BCUT2D eigenvalue weighted by Gasteiger charge is -2.33. The highest BCUT2D eigenvalue weighted by atomic mass is 19.4. The van der Waals surface area contributed by atoms with E-state index in [1.54, 1.807) is 12.1 Å². The minimum Gasteiger partial charge on any atom is -0.496 e. The topological polar surface area (TPSA) is 102 Å². The van der Waals surface area contributed by atoms with Crippen molar-refractivity contribution in [3.05, 3.63) is 58.7 Å². The van der Waals surface area contributed by atoms with E-state index in [2.05, 4.69) is 4.90 Å². The van der Waals surface area contributed by atoms with E-state index in [-0.39, 0.29) is 0 Å². The Labute approximate surface area is 185 Å². The van der Waals surface area contributed by atoms with Crippen LogP contribution in [0.5, 0.6) is 5.75 Å². The largest absolute Gasteiger partial charge is 0.496 e. The second-order valence-electron chi connectivity index (χ2n) is 8.20. The SMILES string of the molecule is COc1cc(N)c(CC2CCN(CC(O)c3ccc(C(F)(F)F)cc3)CC2)cc1C(N)=O. The first kappa shape index (κ1) is 23.9. The summed E-state index contributed by atoms with van der Waals surface area (Å²) >= 11 is 0. The maximum atomic E-state index is 12.7. The van der Waals surface area contributed by atoms with Crippen LogP contribution in [0.4, 0.5) is 18.9 Å². The number of benzene rings is 2. The van der Waals surface area contributed by atoms with Crippen molar-refractivity contribution in [3.63, 3.8) is 0 Å². The van der Waals surface area contributed by atoms with Crippen molar-refractivity contribution in [1.82, 2.24) is 4.90 Å². The third-order valence-corrected chi connectivity index (χ3v) is 6.00. The summed E-state index contributed by atoms with van der Waals surface area (Å²) in [6.07, 6.45) is -2.81. The lowest BCUT2D eigenvalue weighted by molar-refractivity contribution is -0.137. The van der Waals surface area contributed by atoms with Crippen molar-refractivity contribution < 1.29 is 27.8 Å². The predicted molar refractivity (Wildman–Crippen MR) is 115 cm³/mol. The molecule has 1 atom stereocenters. The van der Waals surface area contributed by atoms with Crippen LogP contribution in [0.3, 0.4) is 0 Å². The van der Waals surface area contributed by atoms with Gasteiger partial charge >= 0.3 is 6.18 Å². The second-order valence-corrected chi connectivity index (χ2v) is 8.20. The number of rotatable bonds is 7. The molecular formula is C23H28F3N3O3. The summed E-state index contributed by atoms with van der Waals surface area (Å²) < 4.78 is 43.3. The molecule has 32 heavy (non-hydrogen) atoms. The van der Waals surface area contributed by atoms with Crippen LogP contribution < -0.4 is 16.2 Å². The van der Waals surface area contributed by atoms with Crippen LogP contribution in [-0.2, 0) is 12.6 Å². The fraction of sp³-hybridized carbons (Fsp3) is 0.435. The normalized spacial score (nSPS) is 16.7. The third kappa shape index (κ3) is 5.72. The molecule has 3 rings (SSSR count). The Hall–Kier alpha value is -2.78. The quantitative estimate of drug-likeness (QED) is 0.560. The number of aliphatic hydroxyl groups is 1. The zero-order chi connectivity index (χ0) is 23.5. The Balaban J connectivity index is 1.55. The van der Waals surface area contributed by atoms with Gasteiger partial charge in [-0.2, -0.15) is 13.2 Å². The summed E-state index contributed by atoms with van der Waals surface area (Å²) in [5.41, 5.74) is 13.0. The molecule has 5 N–H and O–H groups in total. The molecule has 9 heteroatoms. The molecule has 1 aliphatic rings. The van der Waals surface area contributed by atoms with Crippen LogP contribution in [0.2, 0.25) is 0 Å². The van der Waals surface area contributed by atoms with Gasteiger partial charge in [-0.25, -0.2) is 0 Å². The number of likely N-dealkylation sites (tertiary alicyclic amines) is 1. The van der Waals surface area contributed by atoms with Gasteiger partial charge in [0.1, 0.15) is 5.75 Å². The fourth-order valence-electron chi connectivity index (χ4n) is 4.11. The maximum Gasteiger partial charge on any atom is 0.416 e. The number of hydrogen-bond donors (Lipinski definition) is 3. The van der Waals surface area contributed by atoms with Crippen molar-refractivity contribution in [1.29, 1.82) is 0 Å². The van der Waals surface area contributed by atoms with Gasteiger partial charge in [0.05, 0.1) is 24.3 Å². The van der Waals surface area contributed by atoms with E-state index >= 15 is 0 Å². The number of nitrogens with zero attached hydrogens (tertiary/aromatic N) is 1. The lowest BCUT2D eigenvalue weighted by atomic mass is 9.88. The summed E-state index contributed by atoms with van der Waals surface area (Å²) in [4.78, 5) is 13.8. The number of aliphatic hydroxyl groups excluding tert-OH is 1. The number of hydrogen-bond acceptors (Lipinski definition) is 5. The molecule has 2 aromatic carbocycles. The van der Waals surface area contributed by atoms with E-state index < -0.39 is 23.8 Å². The number of primary amides is 1. The molecule has 1 fully saturated rings. The standard InChI is InChI=1S/C23H28F3N3O3/c1-32-21-12-19(27)16(11-18(21)22(28)31)10-14-6-8-29(9-7-14)13-20(30)15-2-4-17(5-3-15)23(24,25)26/h2-5,11-12,14,20,30H,6-10,13,27H2,1H3,(H2,28,31). The molecule has 0 aliphatic carbocycles. The summed E-state index contributed by atoms with van der Waals surface area (Å²) in [5.74, 6) is 0.131. The highest BCUT2D eigenvalue weighted by Gasteiger charge is 2.30. The number of amides is 1. The van der Waals surface area contributed by atoms with Crippen molar-refractivity contribution in [2.45, 2.75) is 31.5 Å². The number of ether oxygens (including phenoxy) is 1. The first-order chi connectivity index (χ1) is 15.1. The smallest absolute Gasteiger partial charge is 0.416 e. The van der Waals surface area contributed by atoms with E-state index in [1.807, 2.05) is 0 Å². The number of anilines is 1. The van der Waals surface area contributed by atoms with Gasteiger partial charge in [-0.1, -0.05) is 12.1 Å². The molecule has 0 saturated carbocycles. The zero-order valence-electron chi connectivity index (χ0n) is 17.9. The second kappa shape index (κ2) is 9.79. The average Bonchev–Trinajstić information content (AvgIpc) is 2.75. The molecule has 0 aromatic heterocycles. The van der Waals surface area contributed by atoms with Gasteiger partial charge in [0.15, 0.2) is 0 Å². The molecule has 0 bridgehead atoms. The third-order valence-electron chi connectivity index (χ3n) is 6.00. The number of piperidine rings is 1. The van der Waals surface area contributed by atoms with Gasteiger partial charge in [-0.05, 0) is 67.6 Å². The number of halogens is 3. The first-order valence-electron chi connectivity index (χ1n) is 10.4. The minimum absolute atomic E-state index is 0.300. The summed E-state index contributed by atoms with van der Waals surface area (Å²) in [5, 5.41) is 10.4. The Morgan fingerprint density at radius 2 is 1.84 bits per heavy atom. The molecule has 2 aromatic rings. The minimum atomic E-state index is -4.39. The Kier molecular flexibility index (Phi) is 7.30. The van der Waals surface area contributed by atoms with Crippen LogP contribution >= 0.6 is 0 Å². The van der Waals surface area contributed by atoms with E-state index in [1.165, 1.54) is 19.2 Å². The summed E-state index contributed by atoms with van der Waals surface area (Å²) in [6.45, 7) is 1.86. The van der Waals surface area contributed by atoms with Gasteiger partial charge in [0.2, 0.25) is 0 Å². The number of alkyl halides is 3. The maximum absolute atomic E-state index is 12.7. The molecule has 1 aliphatic heterocycles. The molecule has 1 unspecified atom stereocenters. The van der Waals surface area contributed by atoms with Crippen LogP contribution in [0, 0.1) is 5.92 Å². The molecule has 174 valence electrons. The van der Waals surface area contributed by atoms with Gasteiger partial charge in [0, 0.05) is 18.3 Å². The van der Waals surface area contributed by atoms with E-state index in [4.69, 9.17) is 16.2 Å². The van der Waals surface area contributed by atoms with E-state index in [9.17, 15) is 23.1 Å². The highest BCUT2D eigenvalue weighted by Crippen LogP contribution is 2.32. The Morgan fingerprint density at radius 3 is 2.38 bits per heavy atom. The number of carbonyl (C=O) groups is 1. The molecule has 1 saturated heterocycles. The van der Waals surface area contributed by atoms with E-state index in [0.717, 1.165) is 43.6 Å². The average molecular weight is 451 g/mol. The molecule has 1 amide bonds. The highest BCUT2D eigenvalue weighted by molar-refractivity contribution is 5.96. The van der Waals surface area contributed by atoms with Crippen molar-refractivity contribution in [3.8, 4) is 5.75 Å². The Morgan fingerprint density at radius 1 is 1.22 bits per heavy atom. The van der Waals surface area contributed by atoms with Crippen molar-refractivity contribution in [2.75, 3.05) is 32.5 Å². The zero-order valence-corrected chi connectivity index (χ0v) is 17.9. The van der Waals surface area contributed by atoms with Gasteiger partial charge < -0.3 is 26.2 Å². The summed E-state index contributed by atoms with van der Waals surface area (Å²) in [7, 11) is 1.45. The molecule has 0 spiro atoms. The van der Waals surface area contributed by atoms with E-state index in [0.29, 0.717) is 41.4 Å². The number of β-amino-alcohol motifs (C(OH)–C–C–N with tert-alkyl or cyclic N) is 1.